The standard InChI is InChI=1S/C4H8N2O3/c1-5-6-4(8)9-3-2-7/h7H,2-3H2,1H3. The minimum atomic E-state index is -0.772. The third-order valence-corrected chi connectivity index (χ3v) is 0.498. The molecule has 5 nitrogen and oxygen atoms in total. The van der Waals surface area contributed by atoms with E-state index < -0.39 is 6.09 Å². The number of nitrogens with zero attached hydrogens (tertiary/aromatic N) is 2. The van der Waals surface area contributed by atoms with Crippen molar-refractivity contribution in [2.24, 2.45) is 10.2 Å². The van der Waals surface area contributed by atoms with Gasteiger partial charge in [-0.05, 0) is 0 Å². The van der Waals surface area contributed by atoms with E-state index in [-0.39, 0.29) is 13.2 Å². The SMILES string of the molecule is CN=NC(=O)OCCO. The monoisotopic (exact) mass is 132 g/mol. The second-order valence-corrected chi connectivity index (χ2v) is 1.14. The number of azo groups is 1. The Morgan fingerprint density at radius 3 is 2.89 bits per heavy atom. The maximum Gasteiger partial charge on any atom is 0.452 e. The normalized spacial score (nSPS) is 10.0. The van der Waals surface area contributed by atoms with Gasteiger partial charge in [-0.3, -0.25) is 0 Å². The minimum absolute atomic E-state index is 0.0299. The Balaban J connectivity index is 3.27. The average Bonchev–Trinajstić information content (AvgIpc) is 1.85. The third kappa shape index (κ3) is 4.89. The fourth-order valence-electron chi connectivity index (χ4n) is 0.243. The second kappa shape index (κ2) is 5.17. The molecule has 0 heterocycles. The van der Waals surface area contributed by atoms with Gasteiger partial charge in [0.2, 0.25) is 0 Å². The lowest BCUT2D eigenvalue weighted by atomic mass is 10.8. The van der Waals surface area contributed by atoms with Gasteiger partial charge >= 0.3 is 6.09 Å². The molecular weight excluding hydrogens is 124 g/mol. The van der Waals surface area contributed by atoms with Gasteiger partial charge in [-0.2, -0.15) is 5.11 Å². The zero-order valence-electron chi connectivity index (χ0n) is 5.07. The van der Waals surface area contributed by atoms with Gasteiger partial charge in [-0.15, -0.1) is 0 Å². The number of carbonyl (C=O) groups is 1. The first-order valence-electron chi connectivity index (χ1n) is 2.38. The molecule has 0 aromatic carbocycles. The number of aliphatic hydroxyl groups excluding tert-OH is 1. The molecule has 1 amide bonds. The minimum Gasteiger partial charge on any atom is -0.444 e. The van der Waals surface area contributed by atoms with Crippen LogP contribution in [0.4, 0.5) is 4.79 Å². The molecule has 0 saturated heterocycles. The maximum atomic E-state index is 10.2. The lowest BCUT2D eigenvalue weighted by Gasteiger charge is -1.93. The smallest absolute Gasteiger partial charge is 0.444 e. The fourth-order valence-corrected chi connectivity index (χ4v) is 0.243. The first kappa shape index (κ1) is 8.03. The predicted molar refractivity (Wildman–Crippen MR) is 29.2 cm³/mol. The number of aliphatic hydroxyl groups is 1. The van der Waals surface area contributed by atoms with Crippen LogP contribution in [0.15, 0.2) is 10.2 Å². The summed E-state index contributed by atoms with van der Waals surface area (Å²) in [5.41, 5.74) is 0. The van der Waals surface area contributed by atoms with Crippen molar-refractivity contribution >= 4 is 6.09 Å². The molecule has 0 aromatic heterocycles. The Bertz CT molecular complexity index is 112. The van der Waals surface area contributed by atoms with Gasteiger partial charge in [-0.25, -0.2) is 4.79 Å². The van der Waals surface area contributed by atoms with E-state index in [1.165, 1.54) is 7.05 Å². The van der Waals surface area contributed by atoms with E-state index in [4.69, 9.17) is 5.11 Å². The first-order valence-corrected chi connectivity index (χ1v) is 2.38. The second-order valence-electron chi connectivity index (χ2n) is 1.14. The van der Waals surface area contributed by atoms with Crippen LogP contribution in [-0.4, -0.2) is 31.5 Å². The number of carbonyl (C=O) groups excluding carboxylic acids is 1. The summed E-state index contributed by atoms with van der Waals surface area (Å²) in [6.07, 6.45) is -0.772. The van der Waals surface area contributed by atoms with Gasteiger partial charge in [0.1, 0.15) is 6.61 Å². The Morgan fingerprint density at radius 1 is 1.78 bits per heavy atom. The van der Waals surface area contributed by atoms with Gasteiger partial charge in [-0.1, -0.05) is 5.11 Å². The molecule has 0 atom stereocenters. The fraction of sp³-hybridized carbons (Fsp3) is 0.750. The zero-order chi connectivity index (χ0) is 7.11. The van der Waals surface area contributed by atoms with E-state index in [0.717, 1.165) is 0 Å². The summed E-state index contributed by atoms with van der Waals surface area (Å²) < 4.78 is 4.28. The number of hydrogen-bond donors (Lipinski definition) is 1. The maximum absolute atomic E-state index is 10.2. The molecule has 52 valence electrons. The van der Waals surface area contributed by atoms with Crippen LogP contribution in [0.5, 0.6) is 0 Å². The molecule has 0 fully saturated rings. The van der Waals surface area contributed by atoms with Gasteiger partial charge in [0.25, 0.3) is 0 Å². The highest BCUT2D eigenvalue weighted by atomic mass is 16.6. The molecule has 0 unspecified atom stereocenters. The van der Waals surface area contributed by atoms with Crippen LogP contribution in [0, 0.1) is 0 Å². The lowest BCUT2D eigenvalue weighted by Crippen LogP contribution is -2.02. The molecule has 9 heavy (non-hydrogen) atoms. The Hall–Kier alpha value is -0.970. The van der Waals surface area contributed by atoms with Crippen LogP contribution in [0.2, 0.25) is 0 Å². The van der Waals surface area contributed by atoms with Crippen molar-refractivity contribution in [1.29, 1.82) is 0 Å². The summed E-state index contributed by atoms with van der Waals surface area (Å²) >= 11 is 0. The summed E-state index contributed by atoms with van der Waals surface area (Å²) in [7, 11) is 1.36. The summed E-state index contributed by atoms with van der Waals surface area (Å²) in [6.45, 7) is -0.219. The molecule has 0 aliphatic heterocycles. The van der Waals surface area contributed by atoms with Crippen molar-refractivity contribution in [3.63, 3.8) is 0 Å². The molecule has 0 aliphatic carbocycles. The molecular formula is C4H8N2O3. The average molecular weight is 132 g/mol. The molecule has 1 N–H and O–H groups in total. The first-order chi connectivity index (χ1) is 4.31. The van der Waals surface area contributed by atoms with Crippen LogP contribution in [0.3, 0.4) is 0 Å². The quantitative estimate of drug-likeness (QED) is 0.545. The molecule has 0 radical (unpaired) electrons. The molecule has 0 rings (SSSR count). The Morgan fingerprint density at radius 2 is 2.44 bits per heavy atom. The largest absolute Gasteiger partial charge is 0.452 e. The molecule has 0 saturated carbocycles. The molecule has 0 aliphatic rings. The number of amides is 1. The zero-order valence-corrected chi connectivity index (χ0v) is 5.07. The van der Waals surface area contributed by atoms with Crippen molar-refractivity contribution < 1.29 is 14.6 Å². The van der Waals surface area contributed by atoms with E-state index in [0.29, 0.717) is 0 Å². The van der Waals surface area contributed by atoms with Gasteiger partial charge in [0.15, 0.2) is 0 Å². The van der Waals surface area contributed by atoms with Crippen LogP contribution in [0.1, 0.15) is 0 Å². The lowest BCUT2D eigenvalue weighted by molar-refractivity contribution is 0.126. The molecule has 0 spiro atoms. The highest BCUT2D eigenvalue weighted by molar-refractivity contribution is 5.67. The van der Waals surface area contributed by atoms with E-state index in [2.05, 4.69) is 15.0 Å². The van der Waals surface area contributed by atoms with Crippen LogP contribution < -0.4 is 0 Å². The predicted octanol–water partition coefficient (Wildman–Crippen LogP) is 0.197. The summed E-state index contributed by atoms with van der Waals surface area (Å²) in [4.78, 5) is 10.2. The van der Waals surface area contributed by atoms with Crippen molar-refractivity contribution in [3.8, 4) is 0 Å². The van der Waals surface area contributed by atoms with Crippen LogP contribution in [-0.2, 0) is 4.74 Å². The Labute approximate surface area is 52.4 Å². The number of ether oxygens (including phenoxy) is 1. The van der Waals surface area contributed by atoms with E-state index in [1.807, 2.05) is 0 Å². The molecule has 5 heteroatoms. The van der Waals surface area contributed by atoms with Crippen molar-refractivity contribution in [2.75, 3.05) is 20.3 Å². The summed E-state index contributed by atoms with van der Waals surface area (Å²) in [5, 5.41) is 14.3. The summed E-state index contributed by atoms with van der Waals surface area (Å²) in [6, 6.07) is 0. The Kier molecular flexibility index (Phi) is 4.61. The van der Waals surface area contributed by atoms with E-state index >= 15 is 0 Å². The van der Waals surface area contributed by atoms with Gasteiger partial charge < -0.3 is 9.84 Å². The van der Waals surface area contributed by atoms with E-state index in [9.17, 15) is 4.79 Å². The summed E-state index contributed by atoms with van der Waals surface area (Å²) in [5.74, 6) is 0. The molecule has 0 aromatic rings. The number of hydrogen-bond acceptors (Lipinski definition) is 4. The van der Waals surface area contributed by atoms with Crippen LogP contribution >= 0.6 is 0 Å². The van der Waals surface area contributed by atoms with Gasteiger partial charge in [0, 0.05) is 7.05 Å². The highest BCUT2D eigenvalue weighted by Gasteiger charge is 1.94. The highest BCUT2D eigenvalue weighted by Crippen LogP contribution is 1.82. The topological polar surface area (TPSA) is 71.2 Å². The number of rotatable bonds is 2. The van der Waals surface area contributed by atoms with Crippen LogP contribution in [0.25, 0.3) is 0 Å². The molecule has 0 bridgehead atoms. The van der Waals surface area contributed by atoms with Crippen molar-refractivity contribution in [2.45, 2.75) is 0 Å². The third-order valence-electron chi connectivity index (χ3n) is 0.498. The van der Waals surface area contributed by atoms with Gasteiger partial charge in [0.05, 0.1) is 6.61 Å². The van der Waals surface area contributed by atoms with E-state index in [1.54, 1.807) is 0 Å². The van der Waals surface area contributed by atoms with Crippen molar-refractivity contribution in [3.05, 3.63) is 0 Å². The van der Waals surface area contributed by atoms with Crippen molar-refractivity contribution in [1.82, 2.24) is 0 Å².